The summed E-state index contributed by atoms with van der Waals surface area (Å²) >= 11 is 0. The van der Waals surface area contributed by atoms with Crippen LogP contribution in [0.2, 0.25) is 0 Å². The van der Waals surface area contributed by atoms with E-state index in [1.54, 1.807) is 0 Å². The first-order valence-electron chi connectivity index (χ1n) is 22.6. The van der Waals surface area contributed by atoms with Gasteiger partial charge in [-0.25, -0.2) is 0 Å². The van der Waals surface area contributed by atoms with E-state index < -0.39 is 26.5 Å². The fraction of sp³-hybridized carbons (Fsp3) is 0.867. The van der Waals surface area contributed by atoms with Crippen LogP contribution in [0.5, 0.6) is 0 Å². The van der Waals surface area contributed by atoms with Gasteiger partial charge in [0, 0.05) is 12.8 Å². The highest BCUT2D eigenvalue weighted by molar-refractivity contribution is 7.45. The summed E-state index contributed by atoms with van der Waals surface area (Å²) in [7, 11) is 1.18. The molecule has 322 valence electrons. The number of carbonyl (C=O) groups is 2. The van der Waals surface area contributed by atoms with Crippen molar-refractivity contribution in [3.8, 4) is 0 Å². The maximum atomic E-state index is 12.7. The zero-order chi connectivity index (χ0) is 40.3. The van der Waals surface area contributed by atoms with E-state index in [0.717, 1.165) is 44.9 Å². The van der Waals surface area contributed by atoms with Gasteiger partial charge >= 0.3 is 11.9 Å². The minimum Gasteiger partial charge on any atom is -0.756 e. The molecule has 0 heterocycles. The Hall–Kier alpha value is -1.51. The van der Waals surface area contributed by atoms with Gasteiger partial charge in [-0.05, 0) is 32.1 Å². The number of carbonyl (C=O) groups excluding carboxylic acids is 2. The van der Waals surface area contributed by atoms with Crippen LogP contribution in [-0.4, -0.2) is 70.0 Å². The van der Waals surface area contributed by atoms with Crippen LogP contribution in [0.1, 0.15) is 200 Å². The predicted octanol–water partition coefficient (Wildman–Crippen LogP) is 11.9. The number of quaternary nitrogens is 1. The molecule has 0 radical (unpaired) electrons. The van der Waals surface area contributed by atoms with E-state index >= 15 is 0 Å². The number of phosphoric ester groups is 1. The molecular formula is C45H84NO8P. The van der Waals surface area contributed by atoms with E-state index in [9.17, 15) is 19.0 Å². The highest BCUT2D eigenvalue weighted by atomic mass is 31.2. The maximum absolute atomic E-state index is 12.7. The number of rotatable bonds is 40. The number of phosphoric acid groups is 1. The van der Waals surface area contributed by atoms with Crippen LogP contribution in [-0.2, 0) is 32.7 Å². The second kappa shape index (κ2) is 34.5. The Kier molecular flexibility index (Phi) is 32.3. The van der Waals surface area contributed by atoms with Crippen LogP contribution in [0.4, 0.5) is 0 Å². The molecule has 0 bridgehead atoms. The Morgan fingerprint density at radius 2 is 1.11 bits per heavy atom. The molecule has 0 aromatic rings. The Morgan fingerprint density at radius 1 is 0.655 bits per heavy atom. The van der Waals surface area contributed by atoms with E-state index in [4.69, 9.17) is 18.5 Å². The first-order valence-corrected chi connectivity index (χ1v) is 24.1. The lowest BCUT2D eigenvalue weighted by Crippen LogP contribution is -2.37. The van der Waals surface area contributed by atoms with Crippen LogP contribution in [0.3, 0.4) is 0 Å². The van der Waals surface area contributed by atoms with Crippen molar-refractivity contribution < 1.29 is 42.1 Å². The molecule has 9 nitrogen and oxygen atoms in total. The van der Waals surface area contributed by atoms with Gasteiger partial charge in [0.15, 0.2) is 6.10 Å². The minimum absolute atomic E-state index is 0.0276. The molecule has 2 atom stereocenters. The summed E-state index contributed by atoms with van der Waals surface area (Å²) in [6, 6.07) is 0. The smallest absolute Gasteiger partial charge is 0.306 e. The summed E-state index contributed by atoms with van der Waals surface area (Å²) in [5, 5.41) is 0. The van der Waals surface area contributed by atoms with Crippen molar-refractivity contribution in [2.24, 2.45) is 0 Å². The van der Waals surface area contributed by atoms with E-state index in [2.05, 4.69) is 25.2 Å². The Balaban J connectivity index is 2.22. The van der Waals surface area contributed by atoms with E-state index in [-0.39, 0.29) is 32.0 Å². The number of esters is 2. The molecule has 0 saturated carbocycles. The molecule has 0 N–H and O–H groups in total. The number of unbranched alkanes of at least 4 members (excludes halogenated alkanes) is 24. The molecule has 10 heteroatoms. The number of likely N-dealkylation sites (N-methyl/N-ethyl adjacent to an activating group) is 1. The lowest BCUT2D eigenvalue weighted by Gasteiger charge is -2.28. The molecule has 0 aromatic heterocycles. The molecule has 0 fully saturated rings. The minimum atomic E-state index is -4.62. The van der Waals surface area contributed by atoms with Gasteiger partial charge in [0.2, 0.25) is 0 Å². The monoisotopic (exact) mass is 798 g/mol. The molecule has 0 aromatic carbocycles. The van der Waals surface area contributed by atoms with Crippen LogP contribution in [0.15, 0.2) is 23.8 Å². The lowest BCUT2D eigenvalue weighted by atomic mass is 10.0. The number of nitrogens with zero attached hydrogens (tertiary/aromatic N) is 1. The average molecular weight is 798 g/mol. The van der Waals surface area contributed by atoms with Crippen molar-refractivity contribution in [1.82, 2.24) is 0 Å². The molecule has 1 aliphatic carbocycles. The zero-order valence-electron chi connectivity index (χ0n) is 36.0. The zero-order valence-corrected chi connectivity index (χ0v) is 36.9. The molecule has 1 aliphatic rings. The van der Waals surface area contributed by atoms with Gasteiger partial charge in [-0.2, -0.15) is 0 Å². The van der Waals surface area contributed by atoms with Gasteiger partial charge in [-0.3, -0.25) is 14.2 Å². The summed E-state index contributed by atoms with van der Waals surface area (Å²) in [6.07, 6.45) is 40.3. The van der Waals surface area contributed by atoms with Crippen molar-refractivity contribution in [1.29, 1.82) is 0 Å². The van der Waals surface area contributed by atoms with Gasteiger partial charge in [-0.1, -0.05) is 178 Å². The van der Waals surface area contributed by atoms with Crippen LogP contribution < -0.4 is 4.89 Å². The molecular weight excluding hydrogens is 713 g/mol. The highest BCUT2D eigenvalue weighted by Gasteiger charge is 2.21. The predicted molar refractivity (Wildman–Crippen MR) is 225 cm³/mol. The Labute approximate surface area is 338 Å². The van der Waals surface area contributed by atoms with E-state index in [1.807, 2.05) is 21.1 Å². The third-order valence-electron chi connectivity index (χ3n) is 10.3. The summed E-state index contributed by atoms with van der Waals surface area (Å²) in [4.78, 5) is 37.5. The van der Waals surface area contributed by atoms with Crippen LogP contribution >= 0.6 is 7.82 Å². The van der Waals surface area contributed by atoms with E-state index in [1.165, 1.54) is 134 Å². The number of ether oxygens (including phenoxy) is 2. The normalized spacial score (nSPS) is 14.5. The largest absolute Gasteiger partial charge is 0.756 e. The molecule has 0 spiro atoms. The molecule has 55 heavy (non-hydrogen) atoms. The third-order valence-corrected chi connectivity index (χ3v) is 11.3. The van der Waals surface area contributed by atoms with E-state index in [0.29, 0.717) is 17.4 Å². The standard InChI is InChI=1S/C45H84NO8P/c1-5-6-7-8-9-10-11-13-17-20-23-26-29-36-44(47)51-40-43(41-53-55(49,50)52-39-38-46(2,3)4)54-45(48)37-30-27-24-21-18-15-12-14-16-19-22-25-28-33-42-34-31-32-35-42/h31,34-35,43H,5-30,32-33,36-41H2,1-4H3/t43-/m1/s1. The Morgan fingerprint density at radius 3 is 1.56 bits per heavy atom. The van der Waals surface area contributed by atoms with Crippen molar-refractivity contribution in [3.63, 3.8) is 0 Å². The van der Waals surface area contributed by atoms with Gasteiger partial charge in [0.05, 0.1) is 27.7 Å². The van der Waals surface area contributed by atoms with Gasteiger partial charge in [0.1, 0.15) is 19.8 Å². The summed E-state index contributed by atoms with van der Waals surface area (Å²) in [5.41, 5.74) is 1.52. The summed E-state index contributed by atoms with van der Waals surface area (Å²) < 4.78 is 33.9. The first kappa shape index (κ1) is 51.5. The maximum Gasteiger partial charge on any atom is 0.306 e. The fourth-order valence-electron chi connectivity index (χ4n) is 6.78. The van der Waals surface area contributed by atoms with Gasteiger partial charge in [-0.15, -0.1) is 0 Å². The quantitative estimate of drug-likeness (QED) is 0.0261. The average Bonchev–Trinajstić information content (AvgIpc) is 3.66. The molecule has 0 aliphatic heterocycles. The van der Waals surface area contributed by atoms with Gasteiger partial charge in [0.25, 0.3) is 7.82 Å². The fourth-order valence-corrected chi connectivity index (χ4v) is 7.51. The van der Waals surface area contributed by atoms with Crippen molar-refractivity contribution in [3.05, 3.63) is 23.8 Å². The Bertz CT molecular complexity index is 1060. The molecule has 0 amide bonds. The first-order chi connectivity index (χ1) is 26.5. The molecule has 1 rings (SSSR count). The van der Waals surface area contributed by atoms with Crippen molar-refractivity contribution in [2.75, 3.05) is 47.5 Å². The van der Waals surface area contributed by atoms with Gasteiger partial charge < -0.3 is 27.9 Å². The third kappa shape index (κ3) is 35.4. The molecule has 1 unspecified atom stereocenters. The SMILES string of the molecule is CCCCCCCCCCCCCCCC(=O)OC[C@H](COP(=O)([O-])OCC[N+](C)(C)C)OC(=O)CCCCCCCCCCCCCCCC1=CCC=C1. The van der Waals surface area contributed by atoms with Crippen molar-refractivity contribution in [2.45, 2.75) is 206 Å². The number of hydrogen-bond acceptors (Lipinski definition) is 8. The second-order valence-corrected chi connectivity index (χ2v) is 18.3. The highest BCUT2D eigenvalue weighted by Crippen LogP contribution is 2.38. The van der Waals surface area contributed by atoms with Crippen LogP contribution in [0, 0.1) is 0 Å². The summed E-state index contributed by atoms with van der Waals surface area (Å²) in [6.45, 7) is 1.99. The topological polar surface area (TPSA) is 111 Å². The molecule has 0 saturated heterocycles. The van der Waals surface area contributed by atoms with Crippen molar-refractivity contribution >= 4 is 19.8 Å². The van der Waals surface area contributed by atoms with Crippen LogP contribution in [0.25, 0.3) is 0 Å². The summed E-state index contributed by atoms with van der Waals surface area (Å²) in [5.74, 6) is -0.824. The number of hydrogen-bond donors (Lipinski definition) is 0. The second-order valence-electron chi connectivity index (χ2n) is 16.9. The number of allylic oxidation sites excluding steroid dienone is 4. The lowest BCUT2D eigenvalue weighted by molar-refractivity contribution is -0.870.